The summed E-state index contributed by atoms with van der Waals surface area (Å²) in [5.41, 5.74) is 5.82. The summed E-state index contributed by atoms with van der Waals surface area (Å²) in [6, 6.07) is 16.8. The van der Waals surface area contributed by atoms with Crippen molar-refractivity contribution >= 4 is 51.7 Å². The van der Waals surface area contributed by atoms with Gasteiger partial charge >= 0.3 is 0 Å². The minimum absolute atomic E-state index is 0.00286. The van der Waals surface area contributed by atoms with E-state index >= 15 is 0 Å². The van der Waals surface area contributed by atoms with Gasteiger partial charge in [0, 0.05) is 61.9 Å². The molecule has 5 aromatic rings. The molecule has 1 atom stereocenters. The standard InChI is InChI=1S/C35H33ClN6O3/c1-4-22-16-28(35(45)41(3)18-22)34(44)40-30-10-6-8-27(31(30)36)26-7-5-9-29(21(26)2)39-33-32-24(11-13-37-33)15-23(17-38-32)19-42-14-12-25(43)20-42/h4-11,13,15-18,25,43H,1,12,14,19-20H2,2-3H3,(H,37,39)(H,40,44)/t25-/m1/s1. The summed E-state index contributed by atoms with van der Waals surface area (Å²) in [6.07, 6.45) is 7.36. The first-order valence-corrected chi connectivity index (χ1v) is 15.0. The van der Waals surface area contributed by atoms with Crippen LogP contribution in [0.5, 0.6) is 0 Å². The maximum atomic E-state index is 13.2. The summed E-state index contributed by atoms with van der Waals surface area (Å²) in [4.78, 5) is 37.4. The lowest BCUT2D eigenvalue weighted by atomic mass is 9.98. The Labute approximate surface area is 265 Å². The molecular formula is C35H33ClN6O3. The van der Waals surface area contributed by atoms with E-state index in [0.717, 1.165) is 58.4 Å². The summed E-state index contributed by atoms with van der Waals surface area (Å²) in [7, 11) is 1.59. The molecule has 0 unspecified atom stereocenters. The van der Waals surface area contributed by atoms with E-state index in [1.54, 1.807) is 31.6 Å². The number of aromatic nitrogens is 3. The van der Waals surface area contributed by atoms with E-state index in [1.165, 1.54) is 10.6 Å². The second kappa shape index (κ2) is 12.6. The number of hydrogen-bond acceptors (Lipinski definition) is 7. The zero-order valence-corrected chi connectivity index (χ0v) is 25.8. The number of nitrogens with zero attached hydrogens (tertiary/aromatic N) is 4. The Balaban J connectivity index is 1.27. The number of aliphatic hydroxyl groups is 1. The molecule has 0 aliphatic carbocycles. The quantitative estimate of drug-likeness (QED) is 0.190. The summed E-state index contributed by atoms with van der Waals surface area (Å²) >= 11 is 6.88. The maximum Gasteiger partial charge on any atom is 0.263 e. The Bertz CT molecular complexity index is 2010. The van der Waals surface area contributed by atoms with Crippen LogP contribution in [0.1, 0.15) is 33.5 Å². The number of carbonyl (C=O) groups is 1. The summed E-state index contributed by atoms with van der Waals surface area (Å²) in [6.45, 7) is 8.02. The van der Waals surface area contributed by atoms with Gasteiger partial charge in [0.1, 0.15) is 11.1 Å². The molecule has 45 heavy (non-hydrogen) atoms. The van der Waals surface area contributed by atoms with E-state index in [2.05, 4.69) is 33.2 Å². The van der Waals surface area contributed by atoms with Gasteiger partial charge in [0.15, 0.2) is 5.82 Å². The molecule has 10 heteroatoms. The van der Waals surface area contributed by atoms with Crippen molar-refractivity contribution in [2.75, 3.05) is 23.7 Å². The fourth-order valence-electron chi connectivity index (χ4n) is 5.73. The molecule has 3 aromatic heterocycles. The molecule has 4 heterocycles. The average Bonchev–Trinajstić information content (AvgIpc) is 3.44. The number of amides is 1. The minimum Gasteiger partial charge on any atom is -0.392 e. The number of carbonyl (C=O) groups excluding carboxylic acids is 1. The SMILES string of the molecule is C=Cc1cc(C(=O)Nc2cccc(-c3cccc(Nc4nccc5cc(CN6CC[C@@H](O)C6)cnc45)c3C)c2Cl)c(=O)n(C)c1. The third kappa shape index (κ3) is 6.23. The van der Waals surface area contributed by atoms with Crippen molar-refractivity contribution in [2.45, 2.75) is 26.0 Å². The Morgan fingerprint density at radius 2 is 1.91 bits per heavy atom. The van der Waals surface area contributed by atoms with Crippen molar-refractivity contribution in [1.82, 2.24) is 19.4 Å². The van der Waals surface area contributed by atoms with E-state index < -0.39 is 11.5 Å². The number of aryl methyl sites for hydroxylation is 1. The highest BCUT2D eigenvalue weighted by Gasteiger charge is 2.21. The topological polar surface area (TPSA) is 112 Å². The van der Waals surface area contributed by atoms with Crippen molar-refractivity contribution in [3.63, 3.8) is 0 Å². The second-order valence-electron chi connectivity index (χ2n) is 11.3. The molecule has 6 rings (SSSR count). The molecule has 1 fully saturated rings. The van der Waals surface area contributed by atoms with Gasteiger partial charge in [0.05, 0.1) is 16.8 Å². The van der Waals surface area contributed by atoms with Crippen LogP contribution in [0.25, 0.3) is 28.1 Å². The number of aliphatic hydroxyl groups excluding tert-OH is 1. The Kier molecular flexibility index (Phi) is 8.49. The highest BCUT2D eigenvalue weighted by molar-refractivity contribution is 6.36. The van der Waals surface area contributed by atoms with Crippen LogP contribution in [0, 0.1) is 6.92 Å². The fourth-order valence-corrected chi connectivity index (χ4v) is 6.00. The van der Waals surface area contributed by atoms with E-state index in [0.29, 0.717) is 28.6 Å². The van der Waals surface area contributed by atoms with Gasteiger partial charge in [-0.2, -0.15) is 0 Å². The minimum atomic E-state index is -0.554. The van der Waals surface area contributed by atoms with Gasteiger partial charge in [0.25, 0.3) is 11.5 Å². The number of likely N-dealkylation sites (tertiary alicyclic amines) is 1. The fraction of sp³-hybridized carbons (Fsp3) is 0.200. The Morgan fingerprint density at radius 1 is 1.13 bits per heavy atom. The van der Waals surface area contributed by atoms with E-state index in [-0.39, 0.29) is 11.7 Å². The normalized spacial score (nSPS) is 14.9. The van der Waals surface area contributed by atoms with Crippen molar-refractivity contribution in [2.24, 2.45) is 7.05 Å². The van der Waals surface area contributed by atoms with E-state index in [4.69, 9.17) is 16.6 Å². The highest BCUT2D eigenvalue weighted by Crippen LogP contribution is 2.38. The molecule has 0 bridgehead atoms. The van der Waals surface area contributed by atoms with Gasteiger partial charge in [-0.3, -0.25) is 19.5 Å². The van der Waals surface area contributed by atoms with Crippen molar-refractivity contribution in [3.8, 4) is 11.1 Å². The third-order valence-corrected chi connectivity index (χ3v) is 8.53. The van der Waals surface area contributed by atoms with E-state index in [1.807, 2.05) is 49.5 Å². The van der Waals surface area contributed by atoms with E-state index in [9.17, 15) is 14.7 Å². The number of β-amino-alcohol motifs (C(OH)–C–C–N with tert-alkyl or cyclic N) is 1. The van der Waals surface area contributed by atoms with Gasteiger partial charge in [0.2, 0.25) is 0 Å². The first-order chi connectivity index (χ1) is 21.7. The predicted molar refractivity (Wildman–Crippen MR) is 180 cm³/mol. The second-order valence-corrected chi connectivity index (χ2v) is 11.7. The largest absolute Gasteiger partial charge is 0.392 e. The lowest BCUT2D eigenvalue weighted by molar-refractivity contribution is 0.102. The molecule has 0 spiro atoms. The molecule has 0 radical (unpaired) electrons. The maximum absolute atomic E-state index is 13.2. The van der Waals surface area contributed by atoms with Crippen molar-refractivity contribution < 1.29 is 9.90 Å². The first-order valence-electron chi connectivity index (χ1n) is 14.7. The number of anilines is 3. The zero-order chi connectivity index (χ0) is 31.7. The smallest absolute Gasteiger partial charge is 0.263 e. The van der Waals surface area contributed by atoms with Crippen LogP contribution >= 0.6 is 11.6 Å². The first kappa shape index (κ1) is 30.2. The Hall–Kier alpha value is -4.83. The molecule has 2 aromatic carbocycles. The van der Waals surface area contributed by atoms with Crippen LogP contribution < -0.4 is 16.2 Å². The van der Waals surface area contributed by atoms with Gasteiger partial charge in [-0.25, -0.2) is 4.98 Å². The number of pyridine rings is 3. The number of rotatable bonds is 8. The Morgan fingerprint density at radius 3 is 2.67 bits per heavy atom. The molecule has 1 saturated heterocycles. The van der Waals surface area contributed by atoms with Gasteiger partial charge in [-0.1, -0.05) is 48.5 Å². The summed E-state index contributed by atoms with van der Waals surface area (Å²) in [5, 5.41) is 17.5. The van der Waals surface area contributed by atoms with Crippen LogP contribution in [-0.4, -0.2) is 49.6 Å². The zero-order valence-electron chi connectivity index (χ0n) is 25.0. The molecule has 228 valence electrons. The molecule has 0 saturated carbocycles. The van der Waals surface area contributed by atoms with Crippen LogP contribution in [0.3, 0.4) is 0 Å². The lowest BCUT2D eigenvalue weighted by Crippen LogP contribution is -2.27. The molecular weight excluding hydrogens is 588 g/mol. The van der Waals surface area contributed by atoms with Crippen LogP contribution in [0.2, 0.25) is 5.02 Å². The monoisotopic (exact) mass is 620 g/mol. The number of hydrogen-bond donors (Lipinski definition) is 3. The van der Waals surface area contributed by atoms with Gasteiger partial charge < -0.3 is 20.3 Å². The van der Waals surface area contributed by atoms with Crippen LogP contribution in [-0.2, 0) is 13.6 Å². The van der Waals surface area contributed by atoms with Crippen LogP contribution in [0.15, 0.2) is 84.6 Å². The number of fused-ring (bicyclic) bond motifs is 1. The van der Waals surface area contributed by atoms with Gasteiger partial charge in [-0.15, -0.1) is 0 Å². The number of nitrogens with one attached hydrogen (secondary N) is 2. The molecule has 1 aliphatic rings. The highest BCUT2D eigenvalue weighted by atomic mass is 35.5. The predicted octanol–water partition coefficient (Wildman–Crippen LogP) is 6.16. The average molecular weight is 621 g/mol. The molecule has 9 nitrogen and oxygen atoms in total. The molecule has 1 amide bonds. The van der Waals surface area contributed by atoms with Crippen LogP contribution in [0.4, 0.5) is 17.2 Å². The third-order valence-electron chi connectivity index (χ3n) is 8.12. The summed E-state index contributed by atoms with van der Waals surface area (Å²) < 4.78 is 1.35. The lowest BCUT2D eigenvalue weighted by Gasteiger charge is -2.17. The van der Waals surface area contributed by atoms with Crippen molar-refractivity contribution in [1.29, 1.82) is 0 Å². The van der Waals surface area contributed by atoms with Crippen molar-refractivity contribution in [3.05, 3.63) is 117 Å². The molecule has 1 aliphatic heterocycles. The number of benzene rings is 2. The number of halogens is 1. The summed E-state index contributed by atoms with van der Waals surface area (Å²) in [5.74, 6) is 0.0764. The molecule has 3 N–H and O–H groups in total. The van der Waals surface area contributed by atoms with Gasteiger partial charge in [-0.05, 0) is 65.9 Å².